The van der Waals surface area contributed by atoms with Crippen molar-refractivity contribution >= 4 is 39.3 Å². The highest BCUT2D eigenvalue weighted by molar-refractivity contribution is 9.10. The maximum Gasteiger partial charge on any atom is 0.338 e. The highest BCUT2D eigenvalue weighted by Gasteiger charge is 2.33. The maximum atomic E-state index is 13.6. The first-order chi connectivity index (χ1) is 16.4. The van der Waals surface area contributed by atoms with Gasteiger partial charge >= 0.3 is 5.97 Å². The summed E-state index contributed by atoms with van der Waals surface area (Å²) < 4.78 is 13.9. The van der Waals surface area contributed by atoms with E-state index >= 15 is 0 Å². The van der Waals surface area contributed by atoms with Crippen LogP contribution in [-0.2, 0) is 9.53 Å². The smallest absolute Gasteiger partial charge is 0.338 e. The van der Waals surface area contributed by atoms with Gasteiger partial charge in [0.1, 0.15) is 12.4 Å². The van der Waals surface area contributed by atoms with Gasteiger partial charge in [-0.15, -0.1) is 0 Å². The fraction of sp³-hybridized carbons (Fsp3) is 0.192. The van der Waals surface area contributed by atoms with E-state index in [2.05, 4.69) is 27.5 Å². The molecule has 174 valence electrons. The number of ether oxygens (including phenoxy) is 2. The van der Waals surface area contributed by atoms with Crippen molar-refractivity contribution in [3.05, 3.63) is 108 Å². The monoisotopic (exact) mass is 538 g/mol. The Labute approximate surface area is 209 Å². The lowest BCUT2D eigenvalue weighted by molar-refractivity contribution is -0.139. The Balaban J connectivity index is 1.88. The number of halogens is 1. The lowest BCUT2D eigenvalue weighted by Crippen LogP contribution is -2.39. The fourth-order valence-electron chi connectivity index (χ4n) is 3.75. The molecule has 0 N–H and O–H groups in total. The van der Waals surface area contributed by atoms with Crippen LogP contribution in [-0.4, -0.2) is 23.8 Å². The van der Waals surface area contributed by atoms with E-state index in [1.54, 1.807) is 24.5 Å². The van der Waals surface area contributed by atoms with Crippen LogP contribution in [0.25, 0.3) is 6.08 Å². The first-order valence-corrected chi connectivity index (χ1v) is 12.3. The number of carbonyl (C=O) groups is 1. The lowest BCUT2D eigenvalue weighted by atomic mass is 9.96. The molecule has 3 aromatic rings. The Kier molecular flexibility index (Phi) is 7.29. The zero-order chi connectivity index (χ0) is 24.2. The molecule has 6 nitrogen and oxygen atoms in total. The number of carbonyl (C=O) groups excluding carboxylic acids is 1. The van der Waals surface area contributed by atoms with Gasteiger partial charge in [0.05, 0.1) is 28.5 Å². The van der Waals surface area contributed by atoms with Gasteiger partial charge in [0.25, 0.3) is 5.56 Å². The summed E-state index contributed by atoms with van der Waals surface area (Å²) >= 11 is 4.74. The Morgan fingerprint density at radius 1 is 1.26 bits per heavy atom. The largest absolute Gasteiger partial charge is 0.490 e. The molecule has 1 aliphatic rings. The SMILES string of the molecule is C=CCOc1cccc(/C=c2\sc3n(c2=O)[C@H](c2ccc(Br)cc2)C(C(=O)OCC)=C(C)N=3)c1. The lowest BCUT2D eigenvalue weighted by Gasteiger charge is -2.24. The van der Waals surface area contributed by atoms with Gasteiger partial charge in [-0.2, -0.15) is 0 Å². The summed E-state index contributed by atoms with van der Waals surface area (Å²) in [4.78, 5) is 31.7. The molecule has 0 aliphatic carbocycles. The summed E-state index contributed by atoms with van der Waals surface area (Å²) in [5.41, 5.74) is 2.31. The van der Waals surface area contributed by atoms with Crippen molar-refractivity contribution in [3.8, 4) is 5.75 Å². The van der Waals surface area contributed by atoms with Crippen LogP contribution in [0, 0.1) is 0 Å². The molecule has 0 saturated carbocycles. The van der Waals surface area contributed by atoms with Gasteiger partial charge in [0.15, 0.2) is 4.80 Å². The number of hydrogen-bond donors (Lipinski definition) is 0. The Morgan fingerprint density at radius 3 is 2.74 bits per heavy atom. The average molecular weight is 539 g/mol. The van der Waals surface area contributed by atoms with Crippen molar-refractivity contribution in [2.24, 2.45) is 4.99 Å². The predicted octanol–water partition coefficient (Wildman–Crippen LogP) is 4.13. The molecule has 0 unspecified atom stereocenters. The molecule has 0 bridgehead atoms. The molecule has 1 aromatic heterocycles. The molecular formula is C26H23BrN2O4S. The highest BCUT2D eigenvalue weighted by atomic mass is 79.9. The standard InChI is InChI=1S/C26H23BrN2O4S/c1-4-13-33-20-8-6-7-17(14-20)15-21-24(30)29-23(18-9-11-19(27)12-10-18)22(25(31)32-5-2)16(3)28-26(29)34-21/h4,6-12,14-15,23H,1,5,13H2,2-3H3/b21-15-/t23-/m1/s1. The summed E-state index contributed by atoms with van der Waals surface area (Å²) in [6.07, 6.45) is 3.49. The summed E-state index contributed by atoms with van der Waals surface area (Å²) in [7, 11) is 0. The number of allylic oxidation sites excluding steroid dienone is 1. The third kappa shape index (κ3) is 4.83. The normalized spacial score (nSPS) is 15.5. The van der Waals surface area contributed by atoms with E-state index in [9.17, 15) is 9.59 Å². The quantitative estimate of drug-likeness (QED) is 0.335. The second-order valence-corrected chi connectivity index (χ2v) is 9.45. The molecule has 0 fully saturated rings. The summed E-state index contributed by atoms with van der Waals surface area (Å²) in [5, 5.41) is 0. The molecule has 1 atom stereocenters. The topological polar surface area (TPSA) is 69.9 Å². The number of hydrogen-bond acceptors (Lipinski definition) is 6. The minimum Gasteiger partial charge on any atom is -0.490 e. The summed E-state index contributed by atoms with van der Waals surface area (Å²) in [6.45, 7) is 7.82. The molecule has 8 heteroatoms. The van der Waals surface area contributed by atoms with Gasteiger partial charge in [-0.3, -0.25) is 9.36 Å². The van der Waals surface area contributed by atoms with Gasteiger partial charge in [0, 0.05) is 4.47 Å². The number of rotatable bonds is 7. The first kappa shape index (κ1) is 23.9. The van der Waals surface area contributed by atoms with Crippen LogP contribution in [0.5, 0.6) is 5.75 Å². The Bertz CT molecular complexity index is 1450. The molecule has 4 rings (SSSR count). The average Bonchev–Trinajstić information content (AvgIpc) is 3.12. The molecular weight excluding hydrogens is 516 g/mol. The van der Waals surface area contributed by atoms with Crippen molar-refractivity contribution in [2.45, 2.75) is 19.9 Å². The molecule has 1 aliphatic heterocycles. The number of benzene rings is 2. The van der Waals surface area contributed by atoms with Crippen molar-refractivity contribution in [1.29, 1.82) is 0 Å². The third-order valence-electron chi connectivity index (χ3n) is 5.23. The molecule has 0 amide bonds. The molecule has 0 spiro atoms. The van der Waals surface area contributed by atoms with Gasteiger partial charge < -0.3 is 9.47 Å². The predicted molar refractivity (Wildman–Crippen MR) is 137 cm³/mol. The van der Waals surface area contributed by atoms with E-state index in [-0.39, 0.29) is 12.2 Å². The van der Waals surface area contributed by atoms with Crippen LogP contribution in [0.4, 0.5) is 0 Å². The number of esters is 1. The molecule has 0 radical (unpaired) electrons. The fourth-order valence-corrected chi connectivity index (χ4v) is 5.06. The van der Waals surface area contributed by atoms with Crippen LogP contribution in [0.3, 0.4) is 0 Å². The van der Waals surface area contributed by atoms with E-state index in [0.717, 1.165) is 15.6 Å². The summed E-state index contributed by atoms with van der Waals surface area (Å²) in [6, 6.07) is 14.4. The number of aromatic nitrogens is 1. The van der Waals surface area contributed by atoms with Crippen LogP contribution in [0.1, 0.15) is 31.0 Å². The van der Waals surface area contributed by atoms with E-state index in [1.165, 1.54) is 11.3 Å². The maximum absolute atomic E-state index is 13.6. The third-order valence-corrected chi connectivity index (χ3v) is 6.74. The van der Waals surface area contributed by atoms with E-state index in [4.69, 9.17) is 9.47 Å². The van der Waals surface area contributed by atoms with Crippen molar-refractivity contribution in [1.82, 2.24) is 4.57 Å². The van der Waals surface area contributed by atoms with Gasteiger partial charge in [0.2, 0.25) is 0 Å². The van der Waals surface area contributed by atoms with Crippen molar-refractivity contribution in [3.63, 3.8) is 0 Å². The Morgan fingerprint density at radius 2 is 2.03 bits per heavy atom. The Hall–Kier alpha value is -3.23. The minimum atomic E-state index is -0.632. The zero-order valence-electron chi connectivity index (χ0n) is 18.8. The van der Waals surface area contributed by atoms with Crippen LogP contribution < -0.4 is 19.6 Å². The van der Waals surface area contributed by atoms with Gasteiger partial charge in [-0.05, 0) is 55.3 Å². The first-order valence-electron chi connectivity index (χ1n) is 10.7. The molecule has 0 saturated heterocycles. The number of fused-ring (bicyclic) bond motifs is 1. The van der Waals surface area contributed by atoms with Crippen molar-refractivity contribution < 1.29 is 14.3 Å². The van der Waals surface area contributed by atoms with Crippen LogP contribution in [0.15, 0.2) is 86.7 Å². The molecule has 2 aromatic carbocycles. The van der Waals surface area contributed by atoms with Crippen LogP contribution >= 0.6 is 27.3 Å². The zero-order valence-corrected chi connectivity index (χ0v) is 21.2. The minimum absolute atomic E-state index is 0.219. The molecule has 34 heavy (non-hydrogen) atoms. The van der Waals surface area contributed by atoms with Crippen LogP contribution in [0.2, 0.25) is 0 Å². The molecule has 2 heterocycles. The van der Waals surface area contributed by atoms with E-state index in [1.807, 2.05) is 54.6 Å². The number of nitrogens with zero attached hydrogens (tertiary/aromatic N) is 2. The van der Waals surface area contributed by atoms with Gasteiger partial charge in [-0.1, -0.05) is 64.2 Å². The summed E-state index contributed by atoms with van der Waals surface area (Å²) in [5.74, 6) is 0.215. The number of thiazole rings is 1. The second kappa shape index (κ2) is 10.4. The van der Waals surface area contributed by atoms with Crippen molar-refractivity contribution in [2.75, 3.05) is 13.2 Å². The second-order valence-electron chi connectivity index (χ2n) is 7.53. The highest BCUT2D eigenvalue weighted by Crippen LogP contribution is 2.31. The van der Waals surface area contributed by atoms with Gasteiger partial charge in [-0.25, -0.2) is 9.79 Å². The van der Waals surface area contributed by atoms with E-state index in [0.29, 0.717) is 33.0 Å². The van der Waals surface area contributed by atoms with E-state index < -0.39 is 12.0 Å².